The van der Waals surface area contributed by atoms with Crippen LogP contribution in [-0.4, -0.2) is 37.5 Å². The third-order valence-corrected chi connectivity index (χ3v) is 4.32. The van der Waals surface area contributed by atoms with Gasteiger partial charge in [-0.1, -0.05) is 0 Å². The van der Waals surface area contributed by atoms with Gasteiger partial charge in [0.05, 0.1) is 4.90 Å². The molecule has 2 aromatic rings. The van der Waals surface area contributed by atoms with Crippen molar-refractivity contribution in [1.29, 1.82) is 0 Å². The van der Waals surface area contributed by atoms with Crippen LogP contribution in [-0.2, 0) is 10.0 Å². The molecule has 2 heterocycles. The summed E-state index contributed by atoms with van der Waals surface area (Å²) in [7, 11) is -0.101. The molecule has 0 saturated carbocycles. The average Bonchev–Trinajstić information content (AvgIpc) is 2.81. The van der Waals surface area contributed by atoms with E-state index in [-0.39, 0.29) is 10.8 Å². The maximum atomic E-state index is 12.0. The zero-order valence-corrected chi connectivity index (χ0v) is 12.3. The number of nitrogens with one attached hydrogen (secondary N) is 1. The Bertz CT molecular complexity index is 667. The quantitative estimate of drug-likeness (QED) is 0.910. The second-order valence-corrected chi connectivity index (χ2v) is 6.43. The maximum Gasteiger partial charge on any atom is 0.265 e. The molecule has 0 atom stereocenters. The summed E-state index contributed by atoms with van der Waals surface area (Å²) in [6.07, 6.45) is 0. The van der Waals surface area contributed by atoms with Gasteiger partial charge in [-0.25, -0.2) is 13.1 Å². The predicted molar refractivity (Wildman–Crippen MR) is 74.0 cm³/mol. The van der Waals surface area contributed by atoms with Gasteiger partial charge in [0.1, 0.15) is 5.82 Å². The molecule has 0 radical (unpaired) electrons. The summed E-state index contributed by atoms with van der Waals surface area (Å²) < 4.78 is 26.4. The molecule has 1 N–H and O–H groups in total. The molecule has 102 valence electrons. The van der Waals surface area contributed by atoms with Gasteiger partial charge in [-0.15, -0.1) is 0 Å². The van der Waals surface area contributed by atoms with Crippen LogP contribution in [0.4, 0.5) is 11.9 Å². The molecule has 0 saturated heterocycles. The van der Waals surface area contributed by atoms with Crippen molar-refractivity contribution in [3.8, 4) is 0 Å². The molecule has 0 fully saturated rings. The molecule has 0 aromatic carbocycles. The molecule has 2 aromatic heterocycles. The zero-order chi connectivity index (χ0) is 14.0. The average molecular weight is 299 g/mol. The van der Waals surface area contributed by atoms with Crippen LogP contribution < -0.4 is 9.62 Å². The second-order valence-electron chi connectivity index (χ2n) is 3.97. The maximum absolute atomic E-state index is 12.0. The van der Waals surface area contributed by atoms with Gasteiger partial charge in [-0.2, -0.15) is 26.3 Å². The number of rotatable bonds is 4. The minimum absolute atomic E-state index is 0.0161. The predicted octanol–water partition coefficient (Wildman–Crippen LogP) is 1.11. The molecule has 0 bridgehead atoms. The Balaban J connectivity index is 2.34. The SMILES string of the molecule is Cc1nc(NS(=O)(=O)c2ccsc2)nc(N(C)C)n1. The van der Waals surface area contributed by atoms with Crippen LogP contribution in [0.5, 0.6) is 0 Å². The number of anilines is 2. The Morgan fingerprint density at radius 2 is 2.00 bits per heavy atom. The number of sulfonamides is 1. The highest BCUT2D eigenvalue weighted by atomic mass is 32.2. The highest BCUT2D eigenvalue weighted by Gasteiger charge is 2.17. The number of aryl methyl sites for hydroxylation is 1. The van der Waals surface area contributed by atoms with E-state index in [2.05, 4.69) is 19.7 Å². The van der Waals surface area contributed by atoms with Crippen molar-refractivity contribution in [3.63, 3.8) is 0 Å². The van der Waals surface area contributed by atoms with E-state index in [1.54, 1.807) is 36.7 Å². The lowest BCUT2D eigenvalue weighted by Gasteiger charge is -2.12. The lowest BCUT2D eigenvalue weighted by Crippen LogP contribution is -2.19. The molecule has 0 unspecified atom stereocenters. The summed E-state index contributed by atoms with van der Waals surface area (Å²) in [6, 6.07) is 1.52. The fourth-order valence-corrected chi connectivity index (χ4v) is 3.27. The lowest BCUT2D eigenvalue weighted by atomic mass is 10.6. The molecule has 7 nitrogen and oxygen atoms in total. The van der Waals surface area contributed by atoms with Crippen LogP contribution in [0, 0.1) is 6.92 Å². The first-order valence-corrected chi connectivity index (χ1v) is 7.76. The van der Waals surface area contributed by atoms with Crippen molar-refractivity contribution < 1.29 is 8.42 Å². The standard InChI is InChI=1S/C10H13N5O2S2/c1-7-11-9(13-10(12-7)15(2)3)14-19(16,17)8-4-5-18-6-8/h4-6H,1-3H3,(H,11,12,13,14). The van der Waals surface area contributed by atoms with Gasteiger partial charge in [0.2, 0.25) is 11.9 Å². The van der Waals surface area contributed by atoms with Crippen molar-refractivity contribution in [2.75, 3.05) is 23.7 Å². The molecule has 0 spiro atoms. The Morgan fingerprint density at radius 3 is 2.58 bits per heavy atom. The molecule has 0 aliphatic heterocycles. The van der Waals surface area contributed by atoms with Gasteiger partial charge < -0.3 is 4.90 Å². The summed E-state index contributed by atoms with van der Waals surface area (Å²) in [6.45, 7) is 1.68. The number of aromatic nitrogens is 3. The molecular formula is C10H13N5O2S2. The van der Waals surface area contributed by atoms with Crippen molar-refractivity contribution in [2.24, 2.45) is 0 Å². The van der Waals surface area contributed by atoms with Crippen molar-refractivity contribution in [2.45, 2.75) is 11.8 Å². The largest absolute Gasteiger partial charge is 0.347 e. The number of thiophene rings is 1. The first-order valence-electron chi connectivity index (χ1n) is 5.33. The van der Waals surface area contributed by atoms with Crippen molar-refractivity contribution in [3.05, 3.63) is 22.7 Å². The highest BCUT2D eigenvalue weighted by Crippen LogP contribution is 2.17. The van der Waals surface area contributed by atoms with E-state index >= 15 is 0 Å². The Labute approximate surface area is 115 Å². The van der Waals surface area contributed by atoms with Gasteiger partial charge in [-0.05, 0) is 18.4 Å². The van der Waals surface area contributed by atoms with Crippen LogP contribution >= 0.6 is 11.3 Å². The van der Waals surface area contributed by atoms with Crippen LogP contribution in [0.15, 0.2) is 21.7 Å². The van der Waals surface area contributed by atoms with Gasteiger partial charge in [0.15, 0.2) is 0 Å². The number of hydrogen-bond acceptors (Lipinski definition) is 7. The summed E-state index contributed by atoms with van der Waals surface area (Å²) in [5, 5.41) is 3.24. The fourth-order valence-electron chi connectivity index (χ4n) is 1.30. The number of hydrogen-bond donors (Lipinski definition) is 1. The van der Waals surface area contributed by atoms with Crippen molar-refractivity contribution >= 4 is 33.3 Å². The van der Waals surface area contributed by atoms with E-state index in [0.29, 0.717) is 11.8 Å². The van der Waals surface area contributed by atoms with Gasteiger partial charge in [0.25, 0.3) is 10.0 Å². The molecule has 0 aliphatic carbocycles. The molecular weight excluding hydrogens is 286 g/mol. The topological polar surface area (TPSA) is 88.1 Å². The second kappa shape index (κ2) is 5.10. The third-order valence-electron chi connectivity index (χ3n) is 2.17. The normalized spacial score (nSPS) is 11.3. The summed E-state index contributed by atoms with van der Waals surface area (Å²) in [5.74, 6) is 0.861. The zero-order valence-electron chi connectivity index (χ0n) is 10.7. The van der Waals surface area contributed by atoms with Gasteiger partial charge in [-0.3, -0.25) is 0 Å². The number of nitrogens with zero attached hydrogens (tertiary/aromatic N) is 4. The Hall–Kier alpha value is -1.74. The first-order chi connectivity index (χ1) is 8.88. The van der Waals surface area contributed by atoms with Crippen LogP contribution in [0.25, 0.3) is 0 Å². The van der Waals surface area contributed by atoms with Crippen LogP contribution in [0.3, 0.4) is 0 Å². The molecule has 2 rings (SSSR count). The van der Waals surface area contributed by atoms with E-state index in [9.17, 15) is 8.42 Å². The van der Waals surface area contributed by atoms with E-state index in [1.807, 2.05) is 0 Å². The molecule has 0 amide bonds. The van der Waals surface area contributed by atoms with E-state index in [4.69, 9.17) is 0 Å². The molecule has 0 aliphatic rings. The Morgan fingerprint density at radius 1 is 1.26 bits per heavy atom. The Kier molecular flexibility index (Phi) is 3.67. The minimum atomic E-state index is -3.64. The monoisotopic (exact) mass is 299 g/mol. The molecule has 19 heavy (non-hydrogen) atoms. The van der Waals surface area contributed by atoms with Gasteiger partial charge >= 0.3 is 0 Å². The first kappa shape index (κ1) is 13.7. The molecule has 9 heteroatoms. The van der Waals surface area contributed by atoms with E-state index in [0.717, 1.165) is 0 Å². The van der Waals surface area contributed by atoms with E-state index < -0.39 is 10.0 Å². The smallest absolute Gasteiger partial charge is 0.265 e. The minimum Gasteiger partial charge on any atom is -0.347 e. The third kappa shape index (κ3) is 3.18. The van der Waals surface area contributed by atoms with E-state index in [1.165, 1.54) is 17.4 Å². The van der Waals surface area contributed by atoms with Gasteiger partial charge in [0, 0.05) is 19.5 Å². The lowest BCUT2D eigenvalue weighted by molar-refractivity contribution is 0.601. The summed E-state index contributed by atoms with van der Waals surface area (Å²) in [5.41, 5.74) is 0. The highest BCUT2D eigenvalue weighted by molar-refractivity contribution is 7.92. The summed E-state index contributed by atoms with van der Waals surface area (Å²) in [4.78, 5) is 14.0. The van der Waals surface area contributed by atoms with Crippen LogP contribution in [0.1, 0.15) is 5.82 Å². The van der Waals surface area contributed by atoms with Crippen LogP contribution in [0.2, 0.25) is 0 Å². The fraction of sp³-hybridized carbons (Fsp3) is 0.300. The summed E-state index contributed by atoms with van der Waals surface area (Å²) >= 11 is 1.31. The van der Waals surface area contributed by atoms with Crippen molar-refractivity contribution in [1.82, 2.24) is 15.0 Å².